The molecular weight excluding hydrogens is 504 g/mol. The molecule has 1 saturated carbocycles. The number of carbonyl (C=O) groups is 2. The number of nitrogens with one attached hydrogen (secondary N) is 4. The van der Waals surface area contributed by atoms with Gasteiger partial charge in [0.1, 0.15) is 23.1 Å². The van der Waals surface area contributed by atoms with E-state index in [-0.39, 0.29) is 5.70 Å². The lowest BCUT2D eigenvalue weighted by Gasteiger charge is -2.12. The lowest BCUT2D eigenvalue weighted by molar-refractivity contribution is -0.115. The number of halogens is 2. The van der Waals surface area contributed by atoms with Crippen molar-refractivity contribution in [3.05, 3.63) is 51.1 Å². The lowest BCUT2D eigenvalue weighted by Crippen LogP contribution is -2.22. The van der Waals surface area contributed by atoms with Crippen molar-refractivity contribution >= 4 is 63.6 Å². The van der Waals surface area contributed by atoms with Gasteiger partial charge in [-0.1, -0.05) is 0 Å². The van der Waals surface area contributed by atoms with Gasteiger partial charge >= 0.3 is 6.03 Å². The first-order chi connectivity index (χ1) is 14.5. The number of fused-ring (bicyclic) bond motifs is 1. The highest BCUT2D eigenvalue weighted by molar-refractivity contribution is 14.1. The molecule has 152 valence electrons. The molecule has 3 amide bonds. The minimum atomic E-state index is -0.580. The third kappa shape index (κ3) is 3.67. The first-order valence-electron chi connectivity index (χ1n) is 9.18. The minimum Gasteiger partial charge on any atom is -0.367 e. The van der Waals surface area contributed by atoms with Crippen LogP contribution in [0.4, 0.5) is 26.5 Å². The topological polar surface area (TPSA) is 112 Å². The van der Waals surface area contributed by atoms with Gasteiger partial charge in [0, 0.05) is 21.2 Å². The number of amides is 3. The summed E-state index contributed by atoms with van der Waals surface area (Å²) in [4.78, 5) is 27.8. The maximum absolute atomic E-state index is 14.2. The second-order valence-corrected chi connectivity index (χ2v) is 8.24. The summed E-state index contributed by atoms with van der Waals surface area (Å²) < 4.78 is 16.7. The van der Waals surface area contributed by atoms with Crippen LogP contribution < -0.4 is 21.3 Å². The zero-order chi connectivity index (χ0) is 20.8. The van der Waals surface area contributed by atoms with E-state index in [1.807, 2.05) is 0 Å². The quantitative estimate of drug-likeness (QED) is 0.234. The molecule has 0 atom stereocenters. The van der Waals surface area contributed by atoms with Crippen molar-refractivity contribution in [1.29, 1.82) is 0 Å². The van der Waals surface area contributed by atoms with Crippen LogP contribution in [0.15, 0.2) is 36.2 Å². The van der Waals surface area contributed by atoms with Gasteiger partial charge in [-0.25, -0.2) is 14.2 Å². The zero-order valence-electron chi connectivity index (χ0n) is 15.4. The monoisotopic (exact) mass is 519 g/mol. The summed E-state index contributed by atoms with van der Waals surface area (Å²) in [6, 6.07) is 6.29. The molecule has 1 aliphatic heterocycles. The van der Waals surface area contributed by atoms with Crippen molar-refractivity contribution in [3.8, 4) is 0 Å². The van der Waals surface area contributed by atoms with Crippen molar-refractivity contribution in [2.45, 2.75) is 18.9 Å². The highest BCUT2D eigenvalue weighted by Crippen LogP contribution is 2.29. The number of hydrogen-bond acceptors (Lipinski definition) is 6. The summed E-state index contributed by atoms with van der Waals surface area (Å²) in [7, 11) is 0. The Morgan fingerprint density at radius 3 is 2.80 bits per heavy atom. The van der Waals surface area contributed by atoms with E-state index in [0.29, 0.717) is 34.6 Å². The number of aromatic nitrogens is 3. The fourth-order valence-electron chi connectivity index (χ4n) is 3.05. The smallest absolute Gasteiger partial charge is 0.326 e. The number of anilines is 3. The molecule has 1 saturated heterocycles. The number of imide groups is 1. The van der Waals surface area contributed by atoms with E-state index in [1.165, 1.54) is 12.1 Å². The molecule has 3 heterocycles. The molecule has 30 heavy (non-hydrogen) atoms. The van der Waals surface area contributed by atoms with Crippen LogP contribution in [0.2, 0.25) is 0 Å². The van der Waals surface area contributed by atoms with E-state index in [0.717, 1.165) is 16.4 Å². The average molecular weight is 519 g/mol. The molecule has 11 heteroatoms. The largest absolute Gasteiger partial charge is 0.367 e. The van der Waals surface area contributed by atoms with E-state index < -0.39 is 17.8 Å². The second-order valence-electron chi connectivity index (χ2n) is 7.00. The first kappa shape index (κ1) is 18.8. The van der Waals surface area contributed by atoms with Crippen LogP contribution >= 0.6 is 22.6 Å². The van der Waals surface area contributed by atoms with E-state index in [4.69, 9.17) is 0 Å². The summed E-state index contributed by atoms with van der Waals surface area (Å²) >= 11 is 2.11. The summed E-state index contributed by atoms with van der Waals surface area (Å²) in [5, 5.41) is 15.4. The molecule has 2 fully saturated rings. The SMILES string of the molecule is O=C1NC(=O)/C(=C/c2cnn3c(NC4CC4)cc(Nc4cc(I)ccc4F)nc23)N1. The van der Waals surface area contributed by atoms with Crippen molar-refractivity contribution in [2.24, 2.45) is 0 Å². The number of hydrogen-bond donors (Lipinski definition) is 4. The number of urea groups is 1. The summed E-state index contributed by atoms with van der Waals surface area (Å²) in [6.45, 7) is 0. The van der Waals surface area contributed by atoms with E-state index in [2.05, 4.69) is 53.9 Å². The molecule has 0 unspecified atom stereocenters. The van der Waals surface area contributed by atoms with Gasteiger partial charge < -0.3 is 16.0 Å². The van der Waals surface area contributed by atoms with Crippen molar-refractivity contribution < 1.29 is 14.0 Å². The van der Waals surface area contributed by atoms with E-state index in [1.54, 1.807) is 28.9 Å². The van der Waals surface area contributed by atoms with Crippen LogP contribution in [0.1, 0.15) is 18.4 Å². The highest BCUT2D eigenvalue weighted by atomic mass is 127. The van der Waals surface area contributed by atoms with Crippen LogP contribution in [0.5, 0.6) is 0 Å². The van der Waals surface area contributed by atoms with Crippen LogP contribution in [-0.2, 0) is 4.79 Å². The first-order valence-corrected chi connectivity index (χ1v) is 10.3. The van der Waals surface area contributed by atoms with Crippen LogP contribution in [-0.4, -0.2) is 32.6 Å². The van der Waals surface area contributed by atoms with Gasteiger partial charge in [0.05, 0.1) is 11.9 Å². The Labute approximate surface area is 183 Å². The van der Waals surface area contributed by atoms with Gasteiger partial charge in [0.25, 0.3) is 5.91 Å². The molecule has 4 N–H and O–H groups in total. The maximum atomic E-state index is 14.2. The Morgan fingerprint density at radius 1 is 1.23 bits per heavy atom. The maximum Gasteiger partial charge on any atom is 0.326 e. The Bertz CT molecular complexity index is 1240. The normalized spacial score (nSPS) is 17.3. The molecule has 5 rings (SSSR count). The Morgan fingerprint density at radius 2 is 2.07 bits per heavy atom. The Balaban J connectivity index is 1.59. The van der Waals surface area contributed by atoms with Crippen LogP contribution in [0.25, 0.3) is 11.7 Å². The minimum absolute atomic E-state index is 0.107. The van der Waals surface area contributed by atoms with Crippen molar-refractivity contribution in [1.82, 2.24) is 25.2 Å². The van der Waals surface area contributed by atoms with Gasteiger partial charge in [-0.3, -0.25) is 10.1 Å². The molecule has 2 aromatic heterocycles. The summed E-state index contributed by atoms with van der Waals surface area (Å²) in [5.74, 6) is 0.202. The molecular formula is C19H15FIN7O2. The predicted molar refractivity (Wildman–Crippen MR) is 117 cm³/mol. The second kappa shape index (κ2) is 7.23. The van der Waals surface area contributed by atoms with Gasteiger partial charge in [0.2, 0.25) is 0 Å². The number of rotatable bonds is 5. The summed E-state index contributed by atoms with van der Waals surface area (Å²) in [5.41, 5.74) is 1.40. The highest BCUT2D eigenvalue weighted by Gasteiger charge is 2.25. The predicted octanol–water partition coefficient (Wildman–Crippen LogP) is 2.97. The van der Waals surface area contributed by atoms with Crippen molar-refractivity contribution in [3.63, 3.8) is 0 Å². The third-order valence-electron chi connectivity index (χ3n) is 4.64. The van der Waals surface area contributed by atoms with Gasteiger partial charge in [0.15, 0.2) is 5.65 Å². The molecule has 0 spiro atoms. The fourth-order valence-corrected chi connectivity index (χ4v) is 3.55. The molecule has 1 aromatic carbocycles. The molecule has 1 aliphatic carbocycles. The Kier molecular flexibility index (Phi) is 4.53. The lowest BCUT2D eigenvalue weighted by atomic mass is 10.2. The molecule has 0 bridgehead atoms. The van der Waals surface area contributed by atoms with E-state index in [9.17, 15) is 14.0 Å². The fraction of sp³-hybridized carbons (Fsp3) is 0.158. The third-order valence-corrected chi connectivity index (χ3v) is 5.31. The van der Waals surface area contributed by atoms with E-state index >= 15 is 0 Å². The average Bonchev–Trinajstić information content (AvgIpc) is 3.34. The van der Waals surface area contributed by atoms with Gasteiger partial charge in [-0.15, -0.1) is 0 Å². The number of carbonyl (C=O) groups excluding carboxylic acids is 2. The molecule has 0 radical (unpaired) electrons. The molecule has 9 nitrogen and oxygen atoms in total. The van der Waals surface area contributed by atoms with Crippen LogP contribution in [0, 0.1) is 9.39 Å². The zero-order valence-corrected chi connectivity index (χ0v) is 17.5. The Hall–Kier alpha value is -3.22. The number of nitrogens with zero attached hydrogens (tertiary/aromatic N) is 3. The summed E-state index contributed by atoms with van der Waals surface area (Å²) in [6.07, 6.45) is 5.18. The molecule has 3 aromatic rings. The van der Waals surface area contributed by atoms with Gasteiger partial charge in [-0.05, 0) is 59.7 Å². The standard InChI is InChI=1S/C19H15FIN7O2/c20-12-4-1-10(21)6-13(12)24-15-7-16(23-11-2-3-11)28-17(26-15)9(8-22-28)5-14-18(29)27-19(30)25-14/h1,4-8,11,23H,2-3H2,(H,24,26)(H2,25,27,29,30)/b14-5-. The van der Waals surface area contributed by atoms with Crippen LogP contribution in [0.3, 0.4) is 0 Å². The molecule has 2 aliphatic rings. The number of benzene rings is 1. The van der Waals surface area contributed by atoms with Gasteiger partial charge in [-0.2, -0.15) is 9.61 Å². The van der Waals surface area contributed by atoms with Crippen molar-refractivity contribution in [2.75, 3.05) is 10.6 Å².